The highest BCUT2D eigenvalue weighted by Crippen LogP contribution is 2.31. The molecule has 0 bridgehead atoms. The van der Waals surface area contributed by atoms with E-state index in [1.807, 2.05) is 12.1 Å². The van der Waals surface area contributed by atoms with Gasteiger partial charge in [-0.25, -0.2) is 9.97 Å². The normalized spacial score (nSPS) is 10.6. The fraction of sp³-hybridized carbons (Fsp3) is 0.231. The number of nitrogens with zero attached hydrogens (tertiary/aromatic N) is 2. The Bertz CT molecular complexity index is 505. The first-order valence-electron chi connectivity index (χ1n) is 5.73. The van der Waals surface area contributed by atoms with Crippen molar-refractivity contribution in [3.8, 4) is 0 Å². The number of rotatable bonds is 5. The Morgan fingerprint density at radius 2 is 2.06 bits per heavy atom. The van der Waals surface area contributed by atoms with Gasteiger partial charge in [-0.3, -0.25) is 0 Å². The molecule has 3 nitrogen and oxygen atoms in total. The van der Waals surface area contributed by atoms with Crippen molar-refractivity contribution in [1.82, 2.24) is 15.3 Å². The molecule has 0 spiro atoms. The third-order valence-electron chi connectivity index (χ3n) is 2.32. The van der Waals surface area contributed by atoms with E-state index in [2.05, 4.69) is 28.3 Å². The molecule has 0 aliphatic carbocycles. The second-order valence-corrected chi connectivity index (χ2v) is 5.09. The largest absolute Gasteiger partial charge is 0.313 e. The average molecular weight is 280 g/mol. The quantitative estimate of drug-likeness (QED) is 0.852. The molecule has 94 valence electrons. The van der Waals surface area contributed by atoms with Crippen molar-refractivity contribution in [2.75, 3.05) is 6.54 Å². The summed E-state index contributed by atoms with van der Waals surface area (Å²) in [5, 5.41) is 4.72. The van der Waals surface area contributed by atoms with Gasteiger partial charge in [-0.2, -0.15) is 0 Å². The molecule has 0 saturated heterocycles. The zero-order valence-corrected chi connectivity index (χ0v) is 11.6. The molecule has 0 unspecified atom stereocenters. The molecule has 0 aliphatic rings. The van der Waals surface area contributed by atoms with E-state index in [1.165, 1.54) is 17.3 Å². The maximum absolute atomic E-state index is 6.25. The van der Waals surface area contributed by atoms with Gasteiger partial charge in [0.2, 0.25) is 0 Å². The predicted octanol–water partition coefficient (Wildman–Crippen LogP) is 3.39. The van der Waals surface area contributed by atoms with Gasteiger partial charge in [0, 0.05) is 23.8 Å². The molecule has 2 rings (SSSR count). The van der Waals surface area contributed by atoms with Crippen LogP contribution in [0.4, 0.5) is 0 Å². The summed E-state index contributed by atoms with van der Waals surface area (Å²) >= 11 is 7.73. The Morgan fingerprint density at radius 3 is 2.72 bits per heavy atom. The molecule has 1 aromatic heterocycles. The second-order valence-electron chi connectivity index (χ2n) is 3.68. The maximum atomic E-state index is 6.25. The van der Waals surface area contributed by atoms with Crippen LogP contribution in [0.3, 0.4) is 0 Å². The van der Waals surface area contributed by atoms with E-state index < -0.39 is 0 Å². The lowest BCUT2D eigenvalue weighted by Gasteiger charge is -2.06. The van der Waals surface area contributed by atoms with Gasteiger partial charge >= 0.3 is 0 Å². The van der Waals surface area contributed by atoms with Gasteiger partial charge in [-0.05, 0) is 42.1 Å². The fourth-order valence-corrected chi connectivity index (χ4v) is 2.48. The molecule has 5 heteroatoms. The fourth-order valence-electron chi connectivity index (χ4n) is 1.44. The molecule has 0 atom stereocenters. The lowest BCUT2D eigenvalue weighted by Crippen LogP contribution is -2.11. The van der Waals surface area contributed by atoms with E-state index >= 15 is 0 Å². The number of hydrogen-bond donors (Lipinski definition) is 1. The molecule has 1 aromatic carbocycles. The summed E-state index contributed by atoms with van der Waals surface area (Å²) in [5.74, 6) is 0. The first kappa shape index (κ1) is 13.3. The highest BCUT2D eigenvalue weighted by Gasteiger charge is 2.05. The van der Waals surface area contributed by atoms with Gasteiger partial charge in [-0.15, -0.1) is 0 Å². The van der Waals surface area contributed by atoms with Crippen molar-refractivity contribution in [2.24, 2.45) is 0 Å². The Hall–Kier alpha value is -1.10. The number of halogens is 1. The molecular weight excluding hydrogens is 266 g/mol. The van der Waals surface area contributed by atoms with Crippen molar-refractivity contribution in [3.63, 3.8) is 0 Å². The first-order chi connectivity index (χ1) is 8.79. The number of benzene rings is 1. The van der Waals surface area contributed by atoms with E-state index in [-0.39, 0.29) is 0 Å². The molecular formula is C13H14ClN3S. The first-order valence-corrected chi connectivity index (χ1v) is 6.93. The van der Waals surface area contributed by atoms with Crippen molar-refractivity contribution in [3.05, 3.63) is 47.2 Å². The minimum Gasteiger partial charge on any atom is -0.313 e. The number of hydrogen-bond acceptors (Lipinski definition) is 4. The highest BCUT2D eigenvalue weighted by atomic mass is 35.5. The minimum absolute atomic E-state index is 0.707. The molecule has 0 saturated carbocycles. The zero-order valence-electron chi connectivity index (χ0n) is 10.1. The van der Waals surface area contributed by atoms with Crippen LogP contribution in [0.15, 0.2) is 46.7 Å². The van der Waals surface area contributed by atoms with Crippen LogP contribution < -0.4 is 5.32 Å². The van der Waals surface area contributed by atoms with Crippen LogP contribution in [0.1, 0.15) is 12.5 Å². The van der Waals surface area contributed by atoms with Crippen LogP contribution in [0.5, 0.6) is 0 Å². The van der Waals surface area contributed by atoms with Crippen LogP contribution in [0, 0.1) is 0 Å². The van der Waals surface area contributed by atoms with Crippen LogP contribution in [0.25, 0.3) is 0 Å². The molecule has 0 amide bonds. The predicted molar refractivity (Wildman–Crippen MR) is 75.0 cm³/mol. The van der Waals surface area contributed by atoms with Gasteiger partial charge in [0.05, 0.1) is 5.02 Å². The second kappa shape index (κ2) is 6.73. The number of nitrogens with one attached hydrogen (secondary N) is 1. The smallest absolute Gasteiger partial charge is 0.192 e. The molecule has 0 fully saturated rings. The van der Waals surface area contributed by atoms with Gasteiger partial charge in [0.1, 0.15) is 0 Å². The standard InChI is InChI=1S/C13H14ClN3S/c1-2-15-9-10-4-5-12(11(14)8-10)18-13-16-6-3-7-17-13/h3-8,15H,2,9H2,1H3. The van der Waals surface area contributed by atoms with E-state index in [4.69, 9.17) is 11.6 Å². The Morgan fingerprint density at radius 1 is 1.28 bits per heavy atom. The third kappa shape index (κ3) is 3.70. The summed E-state index contributed by atoms with van der Waals surface area (Å²) < 4.78 is 0. The lowest BCUT2D eigenvalue weighted by atomic mass is 10.2. The molecule has 18 heavy (non-hydrogen) atoms. The average Bonchev–Trinajstić information content (AvgIpc) is 2.40. The highest BCUT2D eigenvalue weighted by molar-refractivity contribution is 7.99. The molecule has 0 aliphatic heterocycles. The van der Waals surface area contributed by atoms with Crippen LogP contribution in [0.2, 0.25) is 5.02 Å². The molecule has 1 N–H and O–H groups in total. The van der Waals surface area contributed by atoms with Gasteiger partial charge in [0.25, 0.3) is 0 Å². The van der Waals surface area contributed by atoms with E-state index in [0.717, 1.165) is 23.0 Å². The molecule has 1 heterocycles. The van der Waals surface area contributed by atoms with Gasteiger partial charge < -0.3 is 5.32 Å². The molecule has 2 aromatic rings. The summed E-state index contributed by atoms with van der Waals surface area (Å²) in [6, 6.07) is 7.86. The van der Waals surface area contributed by atoms with Crippen molar-refractivity contribution < 1.29 is 0 Å². The van der Waals surface area contributed by atoms with Gasteiger partial charge in [-0.1, -0.05) is 24.6 Å². The maximum Gasteiger partial charge on any atom is 0.192 e. The van der Waals surface area contributed by atoms with Crippen molar-refractivity contribution in [1.29, 1.82) is 0 Å². The SMILES string of the molecule is CCNCc1ccc(Sc2ncccn2)c(Cl)c1. The van der Waals surface area contributed by atoms with Crippen LogP contribution in [-0.4, -0.2) is 16.5 Å². The summed E-state index contributed by atoms with van der Waals surface area (Å²) in [4.78, 5) is 9.31. The summed E-state index contributed by atoms with van der Waals surface area (Å²) in [6.45, 7) is 3.87. The number of aromatic nitrogens is 2. The van der Waals surface area contributed by atoms with Gasteiger partial charge in [0.15, 0.2) is 5.16 Å². The Balaban J connectivity index is 2.10. The minimum atomic E-state index is 0.707. The zero-order chi connectivity index (χ0) is 12.8. The Kier molecular flexibility index (Phi) is 4.99. The summed E-state index contributed by atoms with van der Waals surface area (Å²) in [5.41, 5.74) is 1.18. The van der Waals surface area contributed by atoms with Crippen molar-refractivity contribution >= 4 is 23.4 Å². The third-order valence-corrected chi connectivity index (χ3v) is 3.71. The summed E-state index contributed by atoms with van der Waals surface area (Å²) in [7, 11) is 0. The van der Waals surface area contributed by atoms with Crippen LogP contribution >= 0.6 is 23.4 Å². The molecule has 0 radical (unpaired) electrons. The van der Waals surface area contributed by atoms with E-state index in [1.54, 1.807) is 18.5 Å². The van der Waals surface area contributed by atoms with Crippen LogP contribution in [-0.2, 0) is 6.54 Å². The Labute approximate surface area is 116 Å². The van der Waals surface area contributed by atoms with E-state index in [9.17, 15) is 0 Å². The lowest BCUT2D eigenvalue weighted by molar-refractivity contribution is 0.726. The topological polar surface area (TPSA) is 37.8 Å². The van der Waals surface area contributed by atoms with Crippen molar-refractivity contribution in [2.45, 2.75) is 23.5 Å². The van der Waals surface area contributed by atoms with E-state index in [0.29, 0.717) is 5.16 Å². The monoisotopic (exact) mass is 279 g/mol. The summed E-state index contributed by atoms with van der Waals surface area (Å²) in [6.07, 6.45) is 3.45.